The molecule has 4 heteroatoms. The minimum Gasteiger partial charge on any atom is -0.356 e. The van der Waals surface area contributed by atoms with Crippen LogP contribution in [0.3, 0.4) is 0 Å². The highest BCUT2D eigenvalue weighted by atomic mass is 15.2. The van der Waals surface area contributed by atoms with Crippen LogP contribution in [0.1, 0.15) is 58.8 Å². The summed E-state index contributed by atoms with van der Waals surface area (Å²) in [7, 11) is 6.13. The molecule has 21 heavy (non-hydrogen) atoms. The standard InChI is InChI=1S/C17H38N4/c1-16(2)12-11-14-20-17(18-3)19-13-9-7-6-8-10-15-21(4)5/h16H,6-15H2,1-5H3,(H2,18,19,20). The zero-order chi connectivity index (χ0) is 15.9. The van der Waals surface area contributed by atoms with Gasteiger partial charge in [0.2, 0.25) is 0 Å². The van der Waals surface area contributed by atoms with Crippen LogP contribution in [0.2, 0.25) is 0 Å². The predicted octanol–water partition coefficient (Wildman–Crippen LogP) is 3.10. The molecule has 0 bridgehead atoms. The second-order valence-electron chi connectivity index (χ2n) is 6.53. The molecule has 0 atom stereocenters. The molecule has 0 aliphatic rings. The highest BCUT2D eigenvalue weighted by Gasteiger charge is 1.98. The van der Waals surface area contributed by atoms with Crippen molar-refractivity contribution in [2.45, 2.75) is 58.8 Å². The minimum atomic E-state index is 0.786. The second kappa shape index (κ2) is 14.2. The monoisotopic (exact) mass is 298 g/mol. The molecule has 0 unspecified atom stereocenters. The number of aliphatic imine (C=N–C) groups is 1. The van der Waals surface area contributed by atoms with E-state index in [4.69, 9.17) is 0 Å². The molecule has 0 aliphatic carbocycles. The van der Waals surface area contributed by atoms with Gasteiger partial charge in [0.25, 0.3) is 0 Å². The largest absolute Gasteiger partial charge is 0.356 e. The molecule has 0 fully saturated rings. The molecule has 0 spiro atoms. The highest BCUT2D eigenvalue weighted by Crippen LogP contribution is 2.03. The normalized spacial score (nSPS) is 12.2. The van der Waals surface area contributed by atoms with Crippen LogP contribution in [-0.2, 0) is 0 Å². The van der Waals surface area contributed by atoms with Crippen molar-refractivity contribution in [3.8, 4) is 0 Å². The summed E-state index contributed by atoms with van der Waals surface area (Å²) in [6.45, 7) is 7.79. The van der Waals surface area contributed by atoms with Gasteiger partial charge in [-0.15, -0.1) is 0 Å². The molecule has 0 aromatic carbocycles. The summed E-state index contributed by atoms with van der Waals surface area (Å²) < 4.78 is 0. The molecule has 0 heterocycles. The Hall–Kier alpha value is -0.770. The summed E-state index contributed by atoms with van der Waals surface area (Å²) in [5.74, 6) is 1.74. The van der Waals surface area contributed by atoms with Gasteiger partial charge in [-0.3, -0.25) is 4.99 Å². The van der Waals surface area contributed by atoms with Crippen molar-refractivity contribution in [1.29, 1.82) is 0 Å². The van der Waals surface area contributed by atoms with Gasteiger partial charge in [0.1, 0.15) is 0 Å². The summed E-state index contributed by atoms with van der Waals surface area (Å²) in [6, 6.07) is 0. The van der Waals surface area contributed by atoms with Gasteiger partial charge in [-0.2, -0.15) is 0 Å². The first-order valence-corrected chi connectivity index (χ1v) is 8.65. The van der Waals surface area contributed by atoms with Gasteiger partial charge >= 0.3 is 0 Å². The van der Waals surface area contributed by atoms with Crippen LogP contribution in [0.4, 0.5) is 0 Å². The average molecular weight is 299 g/mol. The number of nitrogens with one attached hydrogen (secondary N) is 2. The molecule has 0 radical (unpaired) electrons. The molecule has 0 aromatic heterocycles. The summed E-state index contributed by atoms with van der Waals surface area (Å²) in [6.07, 6.45) is 9.04. The van der Waals surface area contributed by atoms with Crippen molar-refractivity contribution in [2.24, 2.45) is 10.9 Å². The van der Waals surface area contributed by atoms with E-state index in [0.29, 0.717) is 0 Å². The zero-order valence-corrected chi connectivity index (χ0v) is 15.0. The van der Waals surface area contributed by atoms with Gasteiger partial charge in [-0.05, 0) is 52.2 Å². The topological polar surface area (TPSA) is 39.7 Å². The SMILES string of the molecule is CN=C(NCCCCCCCN(C)C)NCCCC(C)C. The maximum Gasteiger partial charge on any atom is 0.190 e. The Morgan fingerprint density at radius 1 is 0.905 bits per heavy atom. The number of hydrogen-bond donors (Lipinski definition) is 2. The van der Waals surface area contributed by atoms with Crippen LogP contribution in [0.25, 0.3) is 0 Å². The van der Waals surface area contributed by atoms with Gasteiger partial charge in [0, 0.05) is 20.1 Å². The summed E-state index contributed by atoms with van der Waals surface area (Å²) in [5, 5.41) is 6.78. The third-order valence-electron chi connectivity index (χ3n) is 3.55. The van der Waals surface area contributed by atoms with Crippen molar-refractivity contribution in [1.82, 2.24) is 15.5 Å². The quantitative estimate of drug-likeness (QED) is 0.330. The van der Waals surface area contributed by atoms with Gasteiger partial charge in [-0.25, -0.2) is 0 Å². The van der Waals surface area contributed by atoms with Crippen molar-refractivity contribution in [3.05, 3.63) is 0 Å². The van der Waals surface area contributed by atoms with Gasteiger partial charge < -0.3 is 15.5 Å². The summed E-state index contributed by atoms with van der Waals surface area (Å²) in [4.78, 5) is 6.52. The summed E-state index contributed by atoms with van der Waals surface area (Å²) in [5.41, 5.74) is 0. The number of rotatable bonds is 12. The highest BCUT2D eigenvalue weighted by molar-refractivity contribution is 5.79. The molecule has 0 saturated heterocycles. The Labute approximate surface area is 132 Å². The lowest BCUT2D eigenvalue weighted by Crippen LogP contribution is -2.38. The molecule has 4 nitrogen and oxygen atoms in total. The molecule has 126 valence electrons. The van der Waals surface area contributed by atoms with Crippen LogP contribution in [0, 0.1) is 5.92 Å². The van der Waals surface area contributed by atoms with E-state index in [1.54, 1.807) is 0 Å². The van der Waals surface area contributed by atoms with Gasteiger partial charge in [0.05, 0.1) is 0 Å². The van der Waals surface area contributed by atoms with E-state index in [1.807, 2.05) is 7.05 Å². The van der Waals surface area contributed by atoms with Crippen molar-refractivity contribution in [3.63, 3.8) is 0 Å². The molecular weight excluding hydrogens is 260 g/mol. The van der Waals surface area contributed by atoms with Crippen molar-refractivity contribution < 1.29 is 0 Å². The van der Waals surface area contributed by atoms with Crippen LogP contribution >= 0.6 is 0 Å². The molecule has 0 amide bonds. The third-order valence-corrected chi connectivity index (χ3v) is 3.55. The molecule has 0 aliphatic heterocycles. The van der Waals surface area contributed by atoms with Gasteiger partial charge in [-0.1, -0.05) is 33.1 Å². The summed E-state index contributed by atoms with van der Waals surface area (Å²) >= 11 is 0. The van der Waals surface area contributed by atoms with E-state index in [0.717, 1.165) is 25.0 Å². The molecular formula is C17H38N4. The Kier molecular flexibility index (Phi) is 13.7. The van der Waals surface area contributed by atoms with E-state index in [1.165, 1.54) is 51.5 Å². The number of nitrogens with zero attached hydrogens (tertiary/aromatic N) is 2. The number of guanidine groups is 1. The van der Waals surface area contributed by atoms with Crippen molar-refractivity contribution in [2.75, 3.05) is 40.8 Å². The molecule has 0 aromatic rings. The first kappa shape index (κ1) is 20.2. The first-order chi connectivity index (χ1) is 10.1. The van der Waals surface area contributed by atoms with Crippen LogP contribution in [0.5, 0.6) is 0 Å². The Bertz CT molecular complexity index is 249. The lowest BCUT2D eigenvalue weighted by atomic mass is 10.1. The van der Waals surface area contributed by atoms with Crippen LogP contribution in [-0.4, -0.2) is 51.6 Å². The van der Waals surface area contributed by atoms with E-state index < -0.39 is 0 Å². The zero-order valence-electron chi connectivity index (χ0n) is 15.0. The molecule has 2 N–H and O–H groups in total. The number of unbranched alkanes of at least 4 members (excludes halogenated alkanes) is 4. The fraction of sp³-hybridized carbons (Fsp3) is 0.941. The Balaban J connectivity index is 3.39. The maximum absolute atomic E-state index is 4.26. The Morgan fingerprint density at radius 2 is 1.48 bits per heavy atom. The second-order valence-corrected chi connectivity index (χ2v) is 6.53. The number of hydrogen-bond acceptors (Lipinski definition) is 2. The maximum atomic E-state index is 4.26. The molecule has 0 saturated carbocycles. The lowest BCUT2D eigenvalue weighted by Gasteiger charge is -2.12. The smallest absolute Gasteiger partial charge is 0.190 e. The van der Waals surface area contributed by atoms with E-state index >= 15 is 0 Å². The fourth-order valence-corrected chi connectivity index (χ4v) is 2.23. The van der Waals surface area contributed by atoms with Gasteiger partial charge in [0.15, 0.2) is 5.96 Å². The average Bonchev–Trinajstić information content (AvgIpc) is 2.43. The van der Waals surface area contributed by atoms with E-state index in [2.05, 4.69) is 48.5 Å². The van der Waals surface area contributed by atoms with E-state index in [9.17, 15) is 0 Å². The van der Waals surface area contributed by atoms with Crippen LogP contribution < -0.4 is 10.6 Å². The van der Waals surface area contributed by atoms with Crippen LogP contribution in [0.15, 0.2) is 4.99 Å². The minimum absolute atomic E-state index is 0.786. The Morgan fingerprint density at radius 3 is 2.05 bits per heavy atom. The predicted molar refractivity (Wildman–Crippen MR) is 95.1 cm³/mol. The first-order valence-electron chi connectivity index (χ1n) is 8.65. The van der Waals surface area contributed by atoms with Crippen molar-refractivity contribution >= 4 is 5.96 Å². The third kappa shape index (κ3) is 15.4. The fourth-order valence-electron chi connectivity index (χ4n) is 2.23. The van der Waals surface area contributed by atoms with E-state index in [-0.39, 0.29) is 0 Å². The lowest BCUT2D eigenvalue weighted by molar-refractivity contribution is 0.389. The molecule has 0 rings (SSSR count).